The molecule has 0 saturated heterocycles. The van der Waals surface area contributed by atoms with Crippen molar-refractivity contribution in [2.75, 3.05) is 0 Å². The summed E-state index contributed by atoms with van der Waals surface area (Å²) in [4.78, 5) is 18.1. The minimum Gasteiger partial charge on any atom is -0.475 e. The molecule has 1 N–H and O–H groups in total. The van der Waals surface area contributed by atoms with Gasteiger partial charge in [0.1, 0.15) is 0 Å². The fraction of sp³-hybridized carbons (Fsp3) is 0.500. The Bertz CT molecular complexity index is 149. The van der Waals surface area contributed by atoms with Gasteiger partial charge in [0, 0.05) is 6.92 Å². The third kappa shape index (κ3) is 17.6. The Labute approximate surface area is 64.8 Å². The number of aliphatic carboxylic acids is 1. The molecule has 0 rings (SSSR count). The molecule has 0 spiro atoms. The smallest absolute Gasteiger partial charge is 0.475 e. The van der Waals surface area contributed by atoms with Crippen LogP contribution in [-0.4, -0.2) is 22.5 Å². The van der Waals surface area contributed by atoms with Crippen LogP contribution in [0.15, 0.2) is 0 Å². The molecule has 0 aliphatic carbocycles. The first-order chi connectivity index (χ1) is 4.68. The van der Waals surface area contributed by atoms with E-state index in [0.717, 1.165) is 0 Å². The number of hydrogen-bond donors (Lipinski definition) is 1. The van der Waals surface area contributed by atoms with Gasteiger partial charge in [0.15, 0.2) is 0 Å². The van der Waals surface area contributed by atoms with Gasteiger partial charge in [-0.15, -0.1) is 0 Å². The topological polar surface area (TPSA) is 54.4 Å². The number of halogens is 4. The highest BCUT2D eigenvalue weighted by molar-refractivity contribution is 6.62. The average molecular weight is 193 g/mol. The number of alkyl halides is 3. The summed E-state index contributed by atoms with van der Waals surface area (Å²) in [5.41, 5.74) is 0. The molecule has 11 heavy (non-hydrogen) atoms. The van der Waals surface area contributed by atoms with Crippen LogP contribution >= 0.6 is 11.6 Å². The zero-order chi connectivity index (χ0) is 9.65. The Morgan fingerprint density at radius 1 is 1.36 bits per heavy atom. The molecule has 0 aromatic heterocycles. The summed E-state index contributed by atoms with van der Waals surface area (Å²) in [6.45, 7) is 1.29. The van der Waals surface area contributed by atoms with E-state index >= 15 is 0 Å². The lowest BCUT2D eigenvalue weighted by atomic mass is 10.7. The van der Waals surface area contributed by atoms with Crippen LogP contribution in [-0.2, 0) is 9.59 Å². The predicted molar refractivity (Wildman–Crippen MR) is 30.2 cm³/mol. The average Bonchev–Trinajstić information content (AvgIpc) is 1.59. The van der Waals surface area contributed by atoms with E-state index in [9.17, 15) is 18.0 Å². The summed E-state index contributed by atoms with van der Waals surface area (Å²) in [5, 5.41) is 6.76. The van der Waals surface area contributed by atoms with E-state index in [1.165, 1.54) is 6.92 Å². The second-order valence-electron chi connectivity index (χ2n) is 1.27. The molecule has 0 radical (unpaired) electrons. The lowest BCUT2D eigenvalue weighted by Crippen LogP contribution is -2.21. The molecule has 0 bridgehead atoms. The van der Waals surface area contributed by atoms with E-state index in [0.29, 0.717) is 0 Å². The number of hydrogen-bond acceptors (Lipinski definition) is 2. The lowest BCUT2D eigenvalue weighted by molar-refractivity contribution is -0.192. The van der Waals surface area contributed by atoms with Crippen LogP contribution in [0.4, 0.5) is 13.2 Å². The highest BCUT2D eigenvalue weighted by Gasteiger charge is 2.38. The Hall–Kier alpha value is -0.780. The number of carbonyl (C=O) groups is 2. The first-order valence-electron chi connectivity index (χ1n) is 2.14. The molecule has 0 aliphatic rings. The molecular weight excluding hydrogens is 188 g/mol. The first-order valence-corrected chi connectivity index (χ1v) is 2.52. The van der Waals surface area contributed by atoms with Crippen molar-refractivity contribution in [1.29, 1.82) is 0 Å². The van der Waals surface area contributed by atoms with E-state index in [1.54, 1.807) is 0 Å². The molecule has 0 fully saturated rings. The van der Waals surface area contributed by atoms with Crippen LogP contribution in [0.2, 0.25) is 0 Å². The second-order valence-corrected chi connectivity index (χ2v) is 1.81. The van der Waals surface area contributed by atoms with Crippen molar-refractivity contribution < 1.29 is 27.9 Å². The van der Waals surface area contributed by atoms with Crippen LogP contribution in [0.5, 0.6) is 0 Å². The molecule has 0 saturated carbocycles. The van der Waals surface area contributed by atoms with Crippen molar-refractivity contribution in [2.24, 2.45) is 0 Å². The number of rotatable bonds is 0. The van der Waals surface area contributed by atoms with Gasteiger partial charge in [-0.05, 0) is 11.6 Å². The molecule has 3 nitrogen and oxygen atoms in total. The monoisotopic (exact) mass is 192 g/mol. The lowest BCUT2D eigenvalue weighted by Gasteiger charge is -1.93. The Morgan fingerprint density at radius 3 is 1.45 bits per heavy atom. The van der Waals surface area contributed by atoms with Gasteiger partial charge < -0.3 is 5.11 Å². The molecule has 0 heterocycles. The van der Waals surface area contributed by atoms with E-state index in [4.69, 9.17) is 9.90 Å². The highest BCUT2D eigenvalue weighted by Crippen LogP contribution is 2.13. The number of carboxylic acid groups (broad SMARTS) is 1. The van der Waals surface area contributed by atoms with Crippen molar-refractivity contribution in [1.82, 2.24) is 0 Å². The van der Waals surface area contributed by atoms with Crippen LogP contribution in [0.1, 0.15) is 6.92 Å². The highest BCUT2D eigenvalue weighted by atomic mass is 35.5. The molecule has 0 aromatic carbocycles. The van der Waals surface area contributed by atoms with E-state index in [-0.39, 0.29) is 5.24 Å². The molecule has 0 unspecified atom stereocenters. The molecule has 0 aromatic rings. The summed E-state index contributed by atoms with van der Waals surface area (Å²) >= 11 is 4.64. The number of carbonyl (C=O) groups excluding carboxylic acids is 1. The van der Waals surface area contributed by atoms with Crippen LogP contribution < -0.4 is 0 Å². The molecule has 66 valence electrons. The largest absolute Gasteiger partial charge is 0.490 e. The SMILES string of the molecule is CC(=O)Cl.O=C(O)C(F)(F)F. The van der Waals surface area contributed by atoms with Crippen molar-refractivity contribution in [2.45, 2.75) is 13.1 Å². The summed E-state index contributed by atoms with van der Waals surface area (Å²) in [6, 6.07) is 0. The van der Waals surface area contributed by atoms with E-state index in [2.05, 4.69) is 11.6 Å². The van der Waals surface area contributed by atoms with Crippen molar-refractivity contribution >= 4 is 22.8 Å². The van der Waals surface area contributed by atoms with Gasteiger partial charge in [0.2, 0.25) is 5.24 Å². The van der Waals surface area contributed by atoms with Crippen molar-refractivity contribution in [3.05, 3.63) is 0 Å². The maximum absolute atomic E-state index is 10.6. The maximum Gasteiger partial charge on any atom is 0.490 e. The minimum atomic E-state index is -5.08. The quantitative estimate of drug-likeness (QED) is 0.591. The van der Waals surface area contributed by atoms with Crippen LogP contribution in [0, 0.1) is 0 Å². The van der Waals surface area contributed by atoms with Gasteiger partial charge in [-0.1, -0.05) is 0 Å². The Morgan fingerprint density at radius 2 is 1.45 bits per heavy atom. The summed E-state index contributed by atoms with van der Waals surface area (Å²) in [7, 11) is 0. The fourth-order valence-corrected chi connectivity index (χ4v) is 0. The Kier molecular flexibility index (Phi) is 5.78. The van der Waals surface area contributed by atoms with Gasteiger partial charge >= 0.3 is 12.1 Å². The molecule has 0 aliphatic heterocycles. The van der Waals surface area contributed by atoms with Crippen molar-refractivity contribution in [3.8, 4) is 0 Å². The molecular formula is C4H4ClF3O3. The Balaban J connectivity index is 0. The zero-order valence-electron chi connectivity index (χ0n) is 5.28. The molecule has 7 heteroatoms. The summed E-state index contributed by atoms with van der Waals surface area (Å²) in [6.07, 6.45) is -5.08. The van der Waals surface area contributed by atoms with Gasteiger partial charge in [0.25, 0.3) is 0 Å². The molecule has 0 atom stereocenters. The van der Waals surface area contributed by atoms with E-state index in [1.807, 2.05) is 0 Å². The standard InChI is InChI=1S/C2H3ClO.C2HF3O2/c1-2(3)4;3-2(4,5)1(6)7/h1H3;(H,6,7). The fourth-order valence-electron chi connectivity index (χ4n) is 0. The van der Waals surface area contributed by atoms with Crippen molar-refractivity contribution in [3.63, 3.8) is 0 Å². The van der Waals surface area contributed by atoms with E-state index < -0.39 is 12.1 Å². The van der Waals surface area contributed by atoms with Gasteiger partial charge in [-0.2, -0.15) is 13.2 Å². The third-order valence-corrected chi connectivity index (χ3v) is 0.243. The maximum atomic E-state index is 10.6. The van der Waals surface area contributed by atoms with Gasteiger partial charge in [-0.25, -0.2) is 4.79 Å². The third-order valence-electron chi connectivity index (χ3n) is 0.243. The predicted octanol–water partition coefficient (Wildman–Crippen LogP) is 1.41. The minimum absolute atomic E-state index is 0.361. The van der Waals surface area contributed by atoms with Gasteiger partial charge in [-0.3, -0.25) is 4.79 Å². The van der Waals surface area contributed by atoms with Gasteiger partial charge in [0.05, 0.1) is 0 Å². The second kappa shape index (κ2) is 4.95. The zero-order valence-corrected chi connectivity index (χ0v) is 6.03. The molecule has 0 amide bonds. The normalized spacial score (nSPS) is 9.55. The van der Waals surface area contributed by atoms with Crippen LogP contribution in [0.3, 0.4) is 0 Å². The summed E-state index contributed by atoms with van der Waals surface area (Å²) in [5.74, 6) is -2.76. The summed E-state index contributed by atoms with van der Waals surface area (Å²) < 4.78 is 31.7. The number of carboxylic acids is 1. The van der Waals surface area contributed by atoms with Crippen LogP contribution in [0.25, 0.3) is 0 Å². The first kappa shape index (κ1) is 12.9.